The molecule has 2 nitrogen and oxygen atoms in total. The lowest BCUT2D eigenvalue weighted by atomic mass is 9.98. The smallest absolute Gasteiger partial charge is 0.143 e. The van der Waals surface area contributed by atoms with Crippen LogP contribution in [-0.4, -0.2) is 0 Å². The normalized spacial score (nSPS) is 11.6. The average Bonchev–Trinajstić information content (AvgIpc) is 3.90. The van der Waals surface area contributed by atoms with Gasteiger partial charge in [-0.2, -0.15) is 0 Å². The molecule has 0 unspecified atom stereocenters. The Kier molecular flexibility index (Phi) is 8.39. The number of hydrogen-bond acceptors (Lipinski definition) is 3. The zero-order chi connectivity index (χ0) is 40.3. The number of rotatable bonds is 7. The SMILES string of the molecule is c1ccc(-c2cccc3c2oc2ccc(-c4ccc(N(c5ccc(-c6ccc7sc8ccccc8c7c6)cc5)c5ccc(-c6cccc7ccccc67)cc5)cc4)cc23)cc1. The van der Waals surface area contributed by atoms with Crippen molar-refractivity contribution >= 4 is 81.3 Å². The van der Waals surface area contributed by atoms with Crippen molar-refractivity contribution in [3.05, 3.63) is 224 Å². The molecule has 0 N–H and O–H groups in total. The third-order valence-electron chi connectivity index (χ3n) is 12.1. The molecule has 0 aliphatic carbocycles. The number of para-hydroxylation sites is 1. The Labute approximate surface area is 357 Å². The number of thiophene rings is 1. The number of benzene rings is 10. The van der Waals surface area contributed by atoms with Crippen molar-refractivity contribution in [3.63, 3.8) is 0 Å². The van der Waals surface area contributed by atoms with E-state index in [1.54, 1.807) is 0 Å². The molecule has 0 saturated carbocycles. The van der Waals surface area contributed by atoms with Gasteiger partial charge in [0.05, 0.1) is 0 Å². The van der Waals surface area contributed by atoms with Gasteiger partial charge in [0.25, 0.3) is 0 Å². The molecule has 0 spiro atoms. The van der Waals surface area contributed by atoms with E-state index in [1.165, 1.54) is 53.2 Å². The summed E-state index contributed by atoms with van der Waals surface area (Å²) in [5.41, 5.74) is 14.5. The highest BCUT2D eigenvalue weighted by Gasteiger charge is 2.17. The molecule has 0 amide bonds. The Bertz CT molecular complexity index is 3560. The standard InChI is InChI=1S/C58H37NOS/c1-2-10-41(11-3-1)50-17-9-18-52-53-36-43(26-34-55(53)60-58(50)52)38-20-28-45(29-21-38)59(47-32-24-42(25-33-47)49-16-8-13-40-12-4-5-14-48(40)49)46-30-22-39(23-31-46)44-27-35-57-54(37-44)51-15-6-7-19-56(51)61-57/h1-37H. The first-order chi connectivity index (χ1) is 30.2. The van der Waals surface area contributed by atoms with Crippen molar-refractivity contribution in [1.82, 2.24) is 0 Å². The highest BCUT2D eigenvalue weighted by atomic mass is 32.1. The fraction of sp³-hybridized carbons (Fsp3) is 0. The third-order valence-corrected chi connectivity index (χ3v) is 13.3. The van der Waals surface area contributed by atoms with Gasteiger partial charge < -0.3 is 9.32 Å². The van der Waals surface area contributed by atoms with E-state index in [2.05, 4.69) is 223 Å². The van der Waals surface area contributed by atoms with Gasteiger partial charge in [0.2, 0.25) is 0 Å². The van der Waals surface area contributed by atoms with Gasteiger partial charge in [-0.25, -0.2) is 0 Å². The van der Waals surface area contributed by atoms with Crippen LogP contribution in [0.3, 0.4) is 0 Å². The minimum absolute atomic E-state index is 0.893. The van der Waals surface area contributed by atoms with Crippen LogP contribution < -0.4 is 4.90 Å². The maximum absolute atomic E-state index is 6.50. The molecule has 0 atom stereocenters. The monoisotopic (exact) mass is 795 g/mol. The summed E-state index contributed by atoms with van der Waals surface area (Å²) in [4.78, 5) is 2.36. The first-order valence-corrected chi connectivity index (χ1v) is 21.5. The number of anilines is 3. The molecule has 0 aliphatic heterocycles. The molecule has 10 aromatic carbocycles. The zero-order valence-corrected chi connectivity index (χ0v) is 33.9. The van der Waals surface area contributed by atoms with E-state index >= 15 is 0 Å². The molecular formula is C58H37NOS. The minimum Gasteiger partial charge on any atom is -0.455 e. The summed E-state index contributed by atoms with van der Waals surface area (Å²) in [5.74, 6) is 0. The Morgan fingerprint density at radius 2 is 0.820 bits per heavy atom. The summed E-state index contributed by atoms with van der Waals surface area (Å²) in [6.45, 7) is 0. The van der Waals surface area contributed by atoms with Gasteiger partial charge >= 0.3 is 0 Å². The van der Waals surface area contributed by atoms with Gasteiger partial charge in [-0.15, -0.1) is 11.3 Å². The molecular weight excluding hydrogens is 759 g/mol. The van der Waals surface area contributed by atoms with Gasteiger partial charge in [0.1, 0.15) is 11.2 Å². The lowest BCUT2D eigenvalue weighted by molar-refractivity contribution is 0.670. The second kappa shape index (κ2) is 14.5. The molecule has 0 bridgehead atoms. The molecule has 12 aromatic rings. The molecule has 0 saturated heterocycles. The predicted molar refractivity (Wildman–Crippen MR) is 261 cm³/mol. The second-order valence-corrected chi connectivity index (χ2v) is 16.8. The predicted octanol–water partition coefficient (Wildman–Crippen LogP) is 17.2. The molecule has 3 heteroatoms. The molecule has 286 valence electrons. The number of fused-ring (bicyclic) bond motifs is 7. The van der Waals surface area contributed by atoms with E-state index in [-0.39, 0.29) is 0 Å². The van der Waals surface area contributed by atoms with Crippen LogP contribution in [0.15, 0.2) is 229 Å². The Morgan fingerprint density at radius 1 is 0.311 bits per heavy atom. The topological polar surface area (TPSA) is 16.4 Å². The largest absolute Gasteiger partial charge is 0.455 e. The van der Waals surface area contributed by atoms with E-state index in [1.807, 2.05) is 17.4 Å². The molecule has 0 fully saturated rings. The van der Waals surface area contributed by atoms with E-state index < -0.39 is 0 Å². The van der Waals surface area contributed by atoms with E-state index in [4.69, 9.17) is 4.42 Å². The van der Waals surface area contributed by atoms with Crippen LogP contribution in [0.2, 0.25) is 0 Å². The van der Waals surface area contributed by atoms with Crippen LogP contribution in [0, 0.1) is 0 Å². The van der Waals surface area contributed by atoms with Crippen LogP contribution in [-0.2, 0) is 0 Å². The molecule has 12 rings (SSSR count). The summed E-state index contributed by atoms with van der Waals surface area (Å²) in [5, 5.41) is 7.38. The Hall–Kier alpha value is -7.72. The van der Waals surface area contributed by atoms with Crippen LogP contribution in [0.25, 0.3) is 97.4 Å². The maximum Gasteiger partial charge on any atom is 0.143 e. The van der Waals surface area contributed by atoms with Crippen molar-refractivity contribution in [1.29, 1.82) is 0 Å². The third kappa shape index (κ3) is 6.18. The van der Waals surface area contributed by atoms with Crippen molar-refractivity contribution < 1.29 is 4.42 Å². The quantitative estimate of drug-likeness (QED) is 0.160. The minimum atomic E-state index is 0.893. The Balaban J connectivity index is 0.919. The molecule has 0 aliphatic rings. The van der Waals surface area contributed by atoms with Crippen molar-refractivity contribution in [2.45, 2.75) is 0 Å². The summed E-state index contributed by atoms with van der Waals surface area (Å²) in [7, 11) is 0. The Morgan fingerprint density at radius 3 is 1.56 bits per heavy atom. The highest BCUT2D eigenvalue weighted by molar-refractivity contribution is 7.25. The van der Waals surface area contributed by atoms with Crippen LogP contribution in [0.5, 0.6) is 0 Å². The lowest BCUT2D eigenvalue weighted by Crippen LogP contribution is -2.09. The van der Waals surface area contributed by atoms with Gasteiger partial charge in [-0.1, -0.05) is 158 Å². The van der Waals surface area contributed by atoms with Crippen molar-refractivity contribution in [2.75, 3.05) is 4.90 Å². The van der Waals surface area contributed by atoms with E-state index in [0.717, 1.165) is 61.3 Å². The summed E-state index contributed by atoms with van der Waals surface area (Å²) in [6.07, 6.45) is 0. The first-order valence-electron chi connectivity index (χ1n) is 20.7. The average molecular weight is 796 g/mol. The molecule has 61 heavy (non-hydrogen) atoms. The van der Waals surface area contributed by atoms with Gasteiger partial charge in [0.15, 0.2) is 0 Å². The first kappa shape index (κ1) is 35.2. The summed E-state index contributed by atoms with van der Waals surface area (Å²) in [6, 6.07) is 81.1. The van der Waals surface area contributed by atoms with E-state index in [9.17, 15) is 0 Å². The summed E-state index contributed by atoms with van der Waals surface area (Å²) >= 11 is 1.86. The maximum atomic E-state index is 6.50. The lowest BCUT2D eigenvalue weighted by Gasteiger charge is -2.26. The zero-order valence-electron chi connectivity index (χ0n) is 33.1. The summed E-state index contributed by atoms with van der Waals surface area (Å²) < 4.78 is 9.14. The highest BCUT2D eigenvalue weighted by Crippen LogP contribution is 2.42. The van der Waals surface area contributed by atoms with Crippen molar-refractivity contribution in [2.24, 2.45) is 0 Å². The van der Waals surface area contributed by atoms with Gasteiger partial charge in [-0.05, 0) is 116 Å². The van der Waals surface area contributed by atoms with Gasteiger partial charge in [-0.3, -0.25) is 0 Å². The van der Waals surface area contributed by atoms with Crippen molar-refractivity contribution in [3.8, 4) is 44.5 Å². The fourth-order valence-corrected chi connectivity index (χ4v) is 10.1. The second-order valence-electron chi connectivity index (χ2n) is 15.7. The van der Waals surface area contributed by atoms with E-state index in [0.29, 0.717) is 0 Å². The number of nitrogens with zero attached hydrogens (tertiary/aromatic N) is 1. The van der Waals surface area contributed by atoms with Crippen LogP contribution in [0.1, 0.15) is 0 Å². The fourth-order valence-electron chi connectivity index (χ4n) is 9.05. The number of furan rings is 1. The molecule has 0 radical (unpaired) electrons. The van der Waals surface area contributed by atoms with Gasteiger partial charge in [0, 0.05) is 53.6 Å². The van der Waals surface area contributed by atoms with Crippen LogP contribution in [0.4, 0.5) is 17.1 Å². The number of hydrogen-bond donors (Lipinski definition) is 0. The van der Waals surface area contributed by atoms with Crippen LogP contribution >= 0.6 is 11.3 Å². The molecule has 2 heterocycles. The molecule has 2 aromatic heterocycles.